The van der Waals surface area contributed by atoms with E-state index in [-0.39, 0.29) is 0 Å². The van der Waals surface area contributed by atoms with Crippen LogP contribution >= 0.6 is 11.6 Å². The Morgan fingerprint density at radius 3 is 3.11 bits per heavy atom. The molecule has 0 saturated heterocycles. The lowest BCUT2D eigenvalue weighted by Crippen LogP contribution is -2.17. The van der Waals surface area contributed by atoms with Gasteiger partial charge in [0.15, 0.2) is 0 Å². The molecule has 1 unspecified atom stereocenters. The van der Waals surface area contributed by atoms with Gasteiger partial charge in [-0.15, -0.1) is 0 Å². The largest absolute Gasteiger partial charge is 0.330 e. The summed E-state index contributed by atoms with van der Waals surface area (Å²) in [5.74, 6) is 0.396. The van der Waals surface area contributed by atoms with E-state index >= 15 is 0 Å². The van der Waals surface area contributed by atoms with Gasteiger partial charge in [-0.05, 0) is 6.08 Å². The number of nitrogens with two attached hydrogens (primary N) is 1. The highest BCUT2D eigenvalue weighted by Crippen LogP contribution is 2.05. The van der Waals surface area contributed by atoms with E-state index in [0.717, 1.165) is 6.54 Å². The van der Waals surface area contributed by atoms with Gasteiger partial charge in [-0.25, -0.2) is 0 Å². The minimum absolute atomic E-state index is 0.396. The van der Waals surface area contributed by atoms with Crippen LogP contribution in [0.5, 0.6) is 0 Å². The summed E-state index contributed by atoms with van der Waals surface area (Å²) in [5.41, 5.74) is 5.39. The lowest BCUT2D eigenvalue weighted by molar-refractivity contribution is 0.672. The molecule has 0 aromatic rings. The molecule has 50 valence electrons. The monoisotopic (exact) mass is 144 g/mol. The van der Waals surface area contributed by atoms with Crippen LogP contribution in [0.1, 0.15) is 0 Å². The van der Waals surface area contributed by atoms with Crippen molar-refractivity contribution in [3.63, 3.8) is 0 Å². The van der Waals surface area contributed by atoms with E-state index in [1.165, 1.54) is 0 Å². The Hall–Kier alpha value is -0.340. The third-order valence-electron chi connectivity index (χ3n) is 1.29. The van der Waals surface area contributed by atoms with Crippen LogP contribution in [0, 0.1) is 5.92 Å². The van der Waals surface area contributed by atoms with Crippen LogP contribution in [0.4, 0.5) is 0 Å². The Balaban J connectivity index is 2.48. The molecule has 3 heteroatoms. The molecule has 0 radical (unpaired) electrons. The van der Waals surface area contributed by atoms with E-state index in [4.69, 9.17) is 17.3 Å². The molecular weight excluding hydrogens is 136 g/mol. The summed E-state index contributed by atoms with van der Waals surface area (Å²) in [6.07, 6.45) is 3.79. The third-order valence-corrected chi connectivity index (χ3v) is 1.53. The number of dihydropyridines is 1. The van der Waals surface area contributed by atoms with Crippen LogP contribution in [0.3, 0.4) is 0 Å². The zero-order valence-electron chi connectivity index (χ0n) is 5.05. The summed E-state index contributed by atoms with van der Waals surface area (Å²) < 4.78 is 0. The number of halogens is 1. The number of hydrogen-bond donors (Lipinski definition) is 1. The fourth-order valence-electron chi connectivity index (χ4n) is 0.687. The number of hydrogen-bond acceptors (Lipinski definition) is 2. The normalized spacial score (nSPS) is 26.0. The van der Waals surface area contributed by atoms with E-state index < -0.39 is 0 Å². The van der Waals surface area contributed by atoms with Crippen molar-refractivity contribution in [2.75, 3.05) is 13.1 Å². The molecule has 0 aromatic carbocycles. The lowest BCUT2D eigenvalue weighted by atomic mass is 10.1. The number of rotatable bonds is 1. The molecule has 2 N–H and O–H groups in total. The van der Waals surface area contributed by atoms with Crippen LogP contribution in [0.2, 0.25) is 0 Å². The summed E-state index contributed by atoms with van der Waals surface area (Å²) in [6.45, 7) is 1.40. The predicted octanol–water partition coefficient (Wildman–Crippen LogP) is 0.768. The van der Waals surface area contributed by atoms with Crippen molar-refractivity contribution in [1.82, 2.24) is 0 Å². The van der Waals surface area contributed by atoms with Gasteiger partial charge in [0, 0.05) is 19.0 Å². The first-order valence-corrected chi connectivity index (χ1v) is 3.29. The fraction of sp³-hybridized carbons (Fsp3) is 0.500. The van der Waals surface area contributed by atoms with Gasteiger partial charge in [-0.2, -0.15) is 0 Å². The van der Waals surface area contributed by atoms with Crippen molar-refractivity contribution >= 4 is 16.8 Å². The summed E-state index contributed by atoms with van der Waals surface area (Å²) in [6, 6.07) is 0. The van der Waals surface area contributed by atoms with Crippen molar-refractivity contribution in [2.45, 2.75) is 0 Å². The van der Waals surface area contributed by atoms with E-state index in [1.807, 2.05) is 6.08 Å². The Morgan fingerprint density at radius 2 is 2.67 bits per heavy atom. The molecule has 0 fully saturated rings. The van der Waals surface area contributed by atoms with E-state index in [9.17, 15) is 0 Å². The van der Waals surface area contributed by atoms with Gasteiger partial charge in [0.05, 0.1) is 0 Å². The van der Waals surface area contributed by atoms with E-state index in [0.29, 0.717) is 17.6 Å². The molecule has 0 aromatic heterocycles. The molecule has 0 saturated carbocycles. The van der Waals surface area contributed by atoms with Crippen LogP contribution in [-0.2, 0) is 0 Å². The molecule has 0 aliphatic carbocycles. The van der Waals surface area contributed by atoms with E-state index in [1.54, 1.807) is 6.08 Å². The molecule has 1 rings (SSSR count). The molecule has 0 amide bonds. The second-order valence-electron chi connectivity index (χ2n) is 2.02. The van der Waals surface area contributed by atoms with Crippen molar-refractivity contribution in [1.29, 1.82) is 0 Å². The number of nitrogens with zero attached hydrogens (tertiary/aromatic N) is 1. The molecule has 1 aliphatic rings. The Morgan fingerprint density at radius 1 is 1.89 bits per heavy atom. The van der Waals surface area contributed by atoms with Gasteiger partial charge in [-0.3, -0.25) is 4.99 Å². The van der Waals surface area contributed by atoms with Crippen LogP contribution < -0.4 is 5.73 Å². The number of aliphatic imine (C=N–C) groups is 1. The van der Waals surface area contributed by atoms with Crippen molar-refractivity contribution in [3.8, 4) is 0 Å². The van der Waals surface area contributed by atoms with E-state index in [2.05, 4.69) is 4.99 Å². The molecule has 1 aliphatic heterocycles. The van der Waals surface area contributed by atoms with Gasteiger partial charge in [-0.1, -0.05) is 17.7 Å². The summed E-state index contributed by atoms with van der Waals surface area (Å²) in [5, 5.41) is 0.583. The van der Waals surface area contributed by atoms with Crippen molar-refractivity contribution in [3.05, 3.63) is 12.2 Å². The molecule has 2 nitrogen and oxygen atoms in total. The lowest BCUT2D eigenvalue weighted by Gasteiger charge is -2.09. The minimum atomic E-state index is 0.396. The zero-order valence-corrected chi connectivity index (χ0v) is 5.80. The highest BCUT2D eigenvalue weighted by molar-refractivity contribution is 6.68. The molecule has 0 bridgehead atoms. The van der Waals surface area contributed by atoms with Crippen LogP contribution in [0.25, 0.3) is 0 Å². The summed E-state index contributed by atoms with van der Waals surface area (Å²) in [7, 11) is 0. The average molecular weight is 145 g/mol. The van der Waals surface area contributed by atoms with Gasteiger partial charge in [0.25, 0.3) is 0 Å². The highest BCUT2D eigenvalue weighted by atomic mass is 35.5. The Labute approximate surface area is 59.4 Å². The Bertz CT molecular complexity index is 151. The Kier molecular flexibility index (Phi) is 2.25. The van der Waals surface area contributed by atoms with Gasteiger partial charge < -0.3 is 5.73 Å². The maximum absolute atomic E-state index is 5.56. The molecule has 0 spiro atoms. The summed E-state index contributed by atoms with van der Waals surface area (Å²) in [4.78, 5) is 4.00. The van der Waals surface area contributed by atoms with Crippen LogP contribution in [-0.4, -0.2) is 18.3 Å². The maximum atomic E-state index is 5.56. The second-order valence-corrected chi connectivity index (χ2v) is 2.41. The smallest absolute Gasteiger partial charge is 0.123 e. The first kappa shape index (κ1) is 6.78. The SMILES string of the molecule is NCC1C=CC(Cl)=NC1. The minimum Gasteiger partial charge on any atom is -0.330 e. The first-order chi connectivity index (χ1) is 4.33. The molecular formula is C6H9ClN2. The topological polar surface area (TPSA) is 38.4 Å². The molecule has 1 heterocycles. The predicted molar refractivity (Wildman–Crippen MR) is 39.8 cm³/mol. The number of allylic oxidation sites excluding steroid dienone is 1. The maximum Gasteiger partial charge on any atom is 0.123 e. The fourth-order valence-corrected chi connectivity index (χ4v) is 0.828. The average Bonchev–Trinajstić information content (AvgIpc) is 1.90. The van der Waals surface area contributed by atoms with Gasteiger partial charge in [0.2, 0.25) is 0 Å². The first-order valence-electron chi connectivity index (χ1n) is 2.91. The summed E-state index contributed by atoms with van der Waals surface area (Å²) >= 11 is 5.56. The highest BCUT2D eigenvalue weighted by Gasteiger charge is 2.04. The zero-order chi connectivity index (χ0) is 6.69. The van der Waals surface area contributed by atoms with Gasteiger partial charge >= 0.3 is 0 Å². The quantitative estimate of drug-likeness (QED) is 0.580. The van der Waals surface area contributed by atoms with Gasteiger partial charge in [0.1, 0.15) is 5.17 Å². The van der Waals surface area contributed by atoms with Crippen LogP contribution in [0.15, 0.2) is 17.1 Å². The third kappa shape index (κ3) is 1.80. The van der Waals surface area contributed by atoms with Crippen molar-refractivity contribution < 1.29 is 0 Å². The second kappa shape index (κ2) is 2.99. The standard InChI is InChI=1S/C6H9ClN2/c7-6-2-1-5(3-8)4-9-6/h1-2,5H,3-4,8H2. The van der Waals surface area contributed by atoms with Crippen molar-refractivity contribution in [2.24, 2.45) is 16.6 Å². The molecule has 1 atom stereocenters. The molecule has 9 heavy (non-hydrogen) atoms.